The molecule has 0 spiro atoms. The Morgan fingerprint density at radius 3 is 2.30 bits per heavy atom. The van der Waals surface area contributed by atoms with Gasteiger partial charge in [0, 0.05) is 32.1 Å². The third kappa shape index (κ3) is 3.44. The van der Waals surface area contributed by atoms with Gasteiger partial charge in [0.25, 0.3) is 0 Å². The molecule has 0 aromatic rings. The van der Waals surface area contributed by atoms with Crippen molar-refractivity contribution in [2.45, 2.75) is 51.5 Å². The van der Waals surface area contributed by atoms with E-state index in [0.29, 0.717) is 25.6 Å². The van der Waals surface area contributed by atoms with Crippen LogP contribution in [0.25, 0.3) is 0 Å². The molecule has 1 aliphatic carbocycles. The van der Waals surface area contributed by atoms with Crippen molar-refractivity contribution in [2.24, 2.45) is 5.92 Å². The molecule has 2 aliphatic rings. The van der Waals surface area contributed by atoms with Gasteiger partial charge in [-0.3, -0.25) is 4.79 Å². The molecule has 1 saturated carbocycles. The number of nitrogens with zero attached hydrogens (tertiary/aromatic N) is 2. The molecule has 2 rings (SSSR count). The Morgan fingerprint density at radius 2 is 1.75 bits per heavy atom. The van der Waals surface area contributed by atoms with Gasteiger partial charge in [0.05, 0.1) is 6.61 Å². The van der Waals surface area contributed by atoms with Crippen molar-refractivity contribution in [1.82, 2.24) is 9.80 Å². The third-order valence-corrected chi connectivity index (χ3v) is 4.59. The predicted molar refractivity (Wildman–Crippen MR) is 76.3 cm³/mol. The lowest BCUT2D eigenvalue weighted by molar-refractivity contribution is -0.136. The fourth-order valence-corrected chi connectivity index (χ4v) is 3.29. The van der Waals surface area contributed by atoms with Crippen LogP contribution in [0.3, 0.4) is 0 Å². The van der Waals surface area contributed by atoms with Crippen LogP contribution in [0.4, 0.5) is 4.79 Å². The standard InChI is InChI=1S/C15H26N2O3/c1-3-20-15(19)17-10-8-13(9-11-17)16(2)14(18)12-6-4-5-7-12/h12-13H,3-11H2,1-2H3. The molecule has 0 aromatic heterocycles. The van der Waals surface area contributed by atoms with Crippen LogP contribution in [0.5, 0.6) is 0 Å². The Bertz CT molecular complexity index is 345. The molecular formula is C15H26N2O3. The highest BCUT2D eigenvalue weighted by molar-refractivity contribution is 5.79. The molecule has 5 nitrogen and oxygen atoms in total. The van der Waals surface area contributed by atoms with Gasteiger partial charge in [-0.05, 0) is 32.6 Å². The van der Waals surface area contributed by atoms with Crippen molar-refractivity contribution in [2.75, 3.05) is 26.7 Å². The molecule has 2 amide bonds. The molecule has 1 aliphatic heterocycles. The average Bonchev–Trinajstić information content (AvgIpc) is 3.00. The third-order valence-electron chi connectivity index (χ3n) is 4.59. The number of hydrogen-bond acceptors (Lipinski definition) is 3. The highest BCUT2D eigenvalue weighted by atomic mass is 16.6. The van der Waals surface area contributed by atoms with Crippen molar-refractivity contribution in [3.8, 4) is 0 Å². The molecular weight excluding hydrogens is 256 g/mol. The smallest absolute Gasteiger partial charge is 0.409 e. The summed E-state index contributed by atoms with van der Waals surface area (Å²) >= 11 is 0. The van der Waals surface area contributed by atoms with E-state index in [1.165, 1.54) is 12.8 Å². The number of carbonyl (C=O) groups is 2. The van der Waals surface area contributed by atoms with Crippen LogP contribution < -0.4 is 0 Å². The Labute approximate surface area is 121 Å². The fourth-order valence-electron chi connectivity index (χ4n) is 3.29. The van der Waals surface area contributed by atoms with E-state index in [2.05, 4.69) is 0 Å². The first-order valence-corrected chi connectivity index (χ1v) is 7.81. The lowest BCUT2D eigenvalue weighted by atomic mass is 10.0. The van der Waals surface area contributed by atoms with Crippen LogP contribution in [-0.4, -0.2) is 54.6 Å². The zero-order chi connectivity index (χ0) is 14.5. The van der Waals surface area contributed by atoms with E-state index in [1.54, 1.807) is 4.90 Å². The molecule has 2 fully saturated rings. The molecule has 0 radical (unpaired) electrons. The number of likely N-dealkylation sites (tertiary alicyclic amines) is 1. The zero-order valence-corrected chi connectivity index (χ0v) is 12.6. The van der Waals surface area contributed by atoms with Gasteiger partial charge in [0.2, 0.25) is 5.91 Å². The molecule has 1 saturated heterocycles. The topological polar surface area (TPSA) is 49.9 Å². The van der Waals surface area contributed by atoms with E-state index < -0.39 is 0 Å². The maximum Gasteiger partial charge on any atom is 0.409 e. The summed E-state index contributed by atoms with van der Waals surface area (Å²) < 4.78 is 5.01. The van der Waals surface area contributed by atoms with Gasteiger partial charge in [-0.2, -0.15) is 0 Å². The summed E-state index contributed by atoms with van der Waals surface area (Å²) in [6.45, 7) is 3.61. The van der Waals surface area contributed by atoms with Gasteiger partial charge in [-0.1, -0.05) is 12.8 Å². The van der Waals surface area contributed by atoms with Gasteiger partial charge < -0.3 is 14.5 Å². The minimum Gasteiger partial charge on any atom is -0.450 e. The van der Waals surface area contributed by atoms with Crippen molar-refractivity contribution >= 4 is 12.0 Å². The van der Waals surface area contributed by atoms with Gasteiger partial charge in [-0.15, -0.1) is 0 Å². The van der Waals surface area contributed by atoms with Crippen molar-refractivity contribution < 1.29 is 14.3 Å². The summed E-state index contributed by atoms with van der Waals surface area (Å²) in [6, 6.07) is 0.272. The summed E-state index contributed by atoms with van der Waals surface area (Å²) in [6.07, 6.45) is 5.95. The molecule has 0 aromatic carbocycles. The summed E-state index contributed by atoms with van der Waals surface area (Å²) in [7, 11) is 1.92. The molecule has 0 N–H and O–H groups in total. The van der Waals surface area contributed by atoms with E-state index >= 15 is 0 Å². The first kappa shape index (κ1) is 15.1. The lowest BCUT2D eigenvalue weighted by Gasteiger charge is -2.37. The quantitative estimate of drug-likeness (QED) is 0.798. The summed E-state index contributed by atoms with van der Waals surface area (Å²) in [5, 5.41) is 0. The summed E-state index contributed by atoms with van der Waals surface area (Å²) in [5.41, 5.74) is 0. The maximum atomic E-state index is 12.4. The molecule has 5 heteroatoms. The van der Waals surface area contributed by atoms with Gasteiger partial charge in [0.15, 0.2) is 0 Å². The highest BCUT2D eigenvalue weighted by Crippen LogP contribution is 2.28. The molecule has 20 heavy (non-hydrogen) atoms. The van der Waals surface area contributed by atoms with E-state index in [4.69, 9.17) is 4.74 Å². The van der Waals surface area contributed by atoms with Crippen LogP contribution in [0.2, 0.25) is 0 Å². The maximum absolute atomic E-state index is 12.4. The largest absolute Gasteiger partial charge is 0.450 e. The van der Waals surface area contributed by atoms with Crippen molar-refractivity contribution in [1.29, 1.82) is 0 Å². The number of carbonyl (C=O) groups excluding carboxylic acids is 2. The van der Waals surface area contributed by atoms with Crippen LogP contribution >= 0.6 is 0 Å². The van der Waals surface area contributed by atoms with Crippen LogP contribution in [-0.2, 0) is 9.53 Å². The summed E-state index contributed by atoms with van der Waals surface area (Å²) in [5.74, 6) is 0.542. The second kappa shape index (κ2) is 6.95. The Balaban J connectivity index is 1.80. The molecule has 0 unspecified atom stereocenters. The van der Waals surface area contributed by atoms with Gasteiger partial charge >= 0.3 is 6.09 Å². The summed E-state index contributed by atoms with van der Waals surface area (Å²) in [4.78, 5) is 27.7. The number of hydrogen-bond donors (Lipinski definition) is 0. The number of rotatable bonds is 3. The van der Waals surface area contributed by atoms with E-state index in [9.17, 15) is 9.59 Å². The normalized spacial score (nSPS) is 21.0. The highest BCUT2D eigenvalue weighted by Gasteiger charge is 2.32. The van der Waals surface area contributed by atoms with Crippen LogP contribution in [0.1, 0.15) is 45.4 Å². The minimum atomic E-state index is -0.226. The molecule has 0 atom stereocenters. The molecule has 114 valence electrons. The second-order valence-electron chi connectivity index (χ2n) is 5.85. The van der Waals surface area contributed by atoms with E-state index in [0.717, 1.165) is 25.7 Å². The first-order valence-electron chi connectivity index (χ1n) is 7.81. The number of ether oxygens (including phenoxy) is 1. The second-order valence-corrected chi connectivity index (χ2v) is 5.85. The van der Waals surface area contributed by atoms with Crippen molar-refractivity contribution in [3.05, 3.63) is 0 Å². The Kier molecular flexibility index (Phi) is 5.26. The van der Waals surface area contributed by atoms with E-state index in [-0.39, 0.29) is 18.1 Å². The predicted octanol–water partition coefficient (Wildman–Crippen LogP) is 2.26. The lowest BCUT2D eigenvalue weighted by Crippen LogP contribution is -2.48. The van der Waals surface area contributed by atoms with E-state index in [1.807, 2.05) is 18.9 Å². The number of piperidine rings is 1. The number of amides is 2. The van der Waals surface area contributed by atoms with Gasteiger partial charge in [0.1, 0.15) is 0 Å². The molecule has 0 bridgehead atoms. The zero-order valence-electron chi connectivity index (χ0n) is 12.6. The SMILES string of the molecule is CCOC(=O)N1CCC(N(C)C(=O)C2CCCC2)CC1. The monoisotopic (exact) mass is 282 g/mol. The van der Waals surface area contributed by atoms with Gasteiger partial charge in [-0.25, -0.2) is 4.79 Å². The van der Waals surface area contributed by atoms with Crippen molar-refractivity contribution in [3.63, 3.8) is 0 Å². The Morgan fingerprint density at radius 1 is 1.15 bits per heavy atom. The average molecular weight is 282 g/mol. The minimum absolute atomic E-state index is 0.226. The first-order chi connectivity index (χ1) is 9.63. The van der Waals surface area contributed by atoms with Crippen LogP contribution in [0.15, 0.2) is 0 Å². The molecule has 1 heterocycles. The Hall–Kier alpha value is -1.26. The van der Waals surface area contributed by atoms with Crippen LogP contribution in [0, 0.1) is 5.92 Å². The fraction of sp³-hybridized carbons (Fsp3) is 0.867.